The summed E-state index contributed by atoms with van der Waals surface area (Å²) in [5.74, 6) is -0.416. The molecular formula is C16H22N2O3. The Morgan fingerprint density at radius 3 is 2.48 bits per heavy atom. The Hall–Kier alpha value is -1.88. The van der Waals surface area contributed by atoms with Gasteiger partial charge in [0.15, 0.2) is 0 Å². The lowest BCUT2D eigenvalue weighted by atomic mass is 9.97. The lowest BCUT2D eigenvalue weighted by molar-refractivity contribution is -0.121. The zero-order valence-electron chi connectivity index (χ0n) is 12.5. The van der Waals surface area contributed by atoms with Crippen LogP contribution >= 0.6 is 0 Å². The molecule has 5 nitrogen and oxygen atoms in total. The first kappa shape index (κ1) is 15.5. The first-order valence-electron chi connectivity index (χ1n) is 7.28. The van der Waals surface area contributed by atoms with Crippen molar-refractivity contribution in [1.82, 2.24) is 0 Å². The van der Waals surface area contributed by atoms with E-state index >= 15 is 0 Å². The monoisotopic (exact) mass is 290 g/mol. The molecule has 114 valence electrons. The van der Waals surface area contributed by atoms with Crippen molar-refractivity contribution in [3.63, 3.8) is 0 Å². The number of hydrogen-bond acceptors (Lipinski definition) is 3. The molecule has 1 aliphatic rings. The van der Waals surface area contributed by atoms with E-state index in [4.69, 9.17) is 0 Å². The standard InChI is InChI=1S/C16H22N2O3/c1-11-5-6-13(17-12(2)19)14(9-11)18-15(20)10-16(21)7-3-4-8-16/h5-6,9,21H,3-4,7-8,10H2,1-2H3,(H,17,19)(H,18,20). The van der Waals surface area contributed by atoms with Crippen LogP contribution in [0.25, 0.3) is 0 Å². The Labute approximate surface area is 124 Å². The summed E-state index contributed by atoms with van der Waals surface area (Å²) in [6.07, 6.45) is 3.37. The largest absolute Gasteiger partial charge is 0.389 e. The molecule has 2 rings (SSSR count). The lowest BCUT2D eigenvalue weighted by Gasteiger charge is -2.21. The van der Waals surface area contributed by atoms with Crippen molar-refractivity contribution in [2.75, 3.05) is 10.6 Å². The fourth-order valence-electron chi connectivity index (χ4n) is 2.76. The second-order valence-corrected chi connectivity index (χ2v) is 5.89. The van der Waals surface area contributed by atoms with Crippen molar-refractivity contribution in [3.8, 4) is 0 Å². The molecule has 0 aromatic heterocycles. The second-order valence-electron chi connectivity index (χ2n) is 5.89. The van der Waals surface area contributed by atoms with Crippen LogP contribution in [-0.2, 0) is 9.59 Å². The summed E-state index contributed by atoms with van der Waals surface area (Å²) < 4.78 is 0. The fraction of sp³-hybridized carbons (Fsp3) is 0.500. The van der Waals surface area contributed by atoms with Crippen LogP contribution in [0.4, 0.5) is 11.4 Å². The zero-order valence-corrected chi connectivity index (χ0v) is 12.5. The first-order valence-corrected chi connectivity index (χ1v) is 7.28. The van der Waals surface area contributed by atoms with Gasteiger partial charge >= 0.3 is 0 Å². The van der Waals surface area contributed by atoms with Gasteiger partial charge in [-0.3, -0.25) is 9.59 Å². The van der Waals surface area contributed by atoms with E-state index in [1.807, 2.05) is 19.1 Å². The Balaban J connectivity index is 2.08. The van der Waals surface area contributed by atoms with Gasteiger partial charge in [0, 0.05) is 6.92 Å². The topological polar surface area (TPSA) is 78.4 Å². The maximum atomic E-state index is 12.1. The summed E-state index contributed by atoms with van der Waals surface area (Å²) in [5, 5.41) is 15.8. The van der Waals surface area contributed by atoms with Crippen LogP contribution in [0, 0.1) is 6.92 Å². The highest BCUT2D eigenvalue weighted by Gasteiger charge is 2.33. The average molecular weight is 290 g/mol. The molecule has 21 heavy (non-hydrogen) atoms. The molecule has 2 amide bonds. The summed E-state index contributed by atoms with van der Waals surface area (Å²) in [7, 11) is 0. The van der Waals surface area contributed by atoms with Gasteiger partial charge < -0.3 is 15.7 Å². The zero-order chi connectivity index (χ0) is 15.5. The summed E-state index contributed by atoms with van der Waals surface area (Å²) in [5.41, 5.74) is 1.25. The number of benzene rings is 1. The molecule has 0 heterocycles. The normalized spacial score (nSPS) is 16.5. The van der Waals surface area contributed by atoms with Crippen molar-refractivity contribution in [2.45, 2.75) is 51.6 Å². The number of aliphatic hydroxyl groups is 1. The van der Waals surface area contributed by atoms with E-state index in [1.54, 1.807) is 6.07 Å². The van der Waals surface area contributed by atoms with E-state index in [1.165, 1.54) is 6.92 Å². The number of hydrogen-bond donors (Lipinski definition) is 3. The third kappa shape index (κ3) is 4.29. The fourth-order valence-corrected chi connectivity index (χ4v) is 2.76. The molecule has 1 aromatic rings. The molecule has 1 fully saturated rings. The molecule has 0 saturated heterocycles. The summed E-state index contributed by atoms with van der Waals surface area (Å²) in [4.78, 5) is 23.3. The lowest BCUT2D eigenvalue weighted by Crippen LogP contribution is -2.31. The van der Waals surface area contributed by atoms with Crippen LogP contribution in [0.15, 0.2) is 18.2 Å². The number of carbonyl (C=O) groups is 2. The quantitative estimate of drug-likeness (QED) is 0.797. The van der Waals surface area contributed by atoms with Gasteiger partial charge in [-0.2, -0.15) is 0 Å². The van der Waals surface area contributed by atoms with E-state index in [0.29, 0.717) is 24.2 Å². The van der Waals surface area contributed by atoms with Crippen LogP contribution in [0.2, 0.25) is 0 Å². The van der Waals surface area contributed by atoms with Gasteiger partial charge in [0.2, 0.25) is 11.8 Å². The highest BCUT2D eigenvalue weighted by atomic mass is 16.3. The van der Waals surface area contributed by atoms with Gasteiger partial charge in [-0.05, 0) is 37.5 Å². The van der Waals surface area contributed by atoms with Gasteiger partial charge in [-0.25, -0.2) is 0 Å². The maximum Gasteiger partial charge on any atom is 0.227 e. The number of anilines is 2. The van der Waals surface area contributed by atoms with Crippen LogP contribution in [0.5, 0.6) is 0 Å². The van der Waals surface area contributed by atoms with E-state index in [-0.39, 0.29) is 18.2 Å². The van der Waals surface area contributed by atoms with E-state index in [2.05, 4.69) is 10.6 Å². The average Bonchev–Trinajstić information content (AvgIpc) is 2.78. The molecule has 0 unspecified atom stereocenters. The Morgan fingerprint density at radius 1 is 1.19 bits per heavy atom. The summed E-state index contributed by atoms with van der Waals surface area (Å²) >= 11 is 0. The molecule has 0 aliphatic heterocycles. The van der Waals surface area contributed by atoms with E-state index < -0.39 is 5.60 Å². The van der Waals surface area contributed by atoms with Crippen LogP contribution in [0.3, 0.4) is 0 Å². The minimum absolute atomic E-state index is 0.0977. The molecule has 1 aromatic carbocycles. The second kappa shape index (κ2) is 6.26. The third-order valence-corrected chi connectivity index (χ3v) is 3.78. The molecular weight excluding hydrogens is 268 g/mol. The molecule has 5 heteroatoms. The third-order valence-electron chi connectivity index (χ3n) is 3.78. The number of carbonyl (C=O) groups excluding carboxylic acids is 2. The number of amides is 2. The molecule has 1 aliphatic carbocycles. The van der Waals surface area contributed by atoms with Gasteiger partial charge in [-0.15, -0.1) is 0 Å². The first-order chi connectivity index (χ1) is 9.88. The molecule has 0 spiro atoms. The SMILES string of the molecule is CC(=O)Nc1ccc(C)cc1NC(=O)CC1(O)CCCC1. The minimum Gasteiger partial charge on any atom is -0.389 e. The van der Waals surface area contributed by atoms with Gasteiger partial charge in [-0.1, -0.05) is 18.9 Å². The number of nitrogens with one attached hydrogen (secondary N) is 2. The molecule has 0 atom stereocenters. The van der Waals surface area contributed by atoms with Crippen molar-refractivity contribution in [3.05, 3.63) is 23.8 Å². The molecule has 1 saturated carbocycles. The highest BCUT2D eigenvalue weighted by Crippen LogP contribution is 2.33. The molecule has 0 radical (unpaired) electrons. The van der Waals surface area contributed by atoms with Crippen molar-refractivity contribution in [1.29, 1.82) is 0 Å². The van der Waals surface area contributed by atoms with Crippen LogP contribution in [0.1, 0.15) is 44.6 Å². The number of rotatable bonds is 4. The summed E-state index contributed by atoms with van der Waals surface area (Å²) in [6, 6.07) is 5.43. The minimum atomic E-state index is -0.873. The van der Waals surface area contributed by atoms with Crippen LogP contribution < -0.4 is 10.6 Å². The predicted molar refractivity (Wildman–Crippen MR) is 82.1 cm³/mol. The summed E-state index contributed by atoms with van der Waals surface area (Å²) in [6.45, 7) is 3.34. The maximum absolute atomic E-state index is 12.1. The van der Waals surface area contributed by atoms with Crippen molar-refractivity contribution in [2.24, 2.45) is 0 Å². The van der Waals surface area contributed by atoms with Crippen LogP contribution in [-0.4, -0.2) is 22.5 Å². The Kier molecular flexibility index (Phi) is 4.63. The Bertz CT molecular complexity index is 548. The number of aryl methyl sites for hydroxylation is 1. The molecule has 3 N–H and O–H groups in total. The predicted octanol–water partition coefficient (Wildman–Crippen LogP) is 2.59. The van der Waals surface area contributed by atoms with E-state index in [0.717, 1.165) is 18.4 Å². The van der Waals surface area contributed by atoms with Crippen molar-refractivity contribution >= 4 is 23.2 Å². The smallest absolute Gasteiger partial charge is 0.227 e. The van der Waals surface area contributed by atoms with Gasteiger partial charge in [0.1, 0.15) is 0 Å². The van der Waals surface area contributed by atoms with Gasteiger partial charge in [0.05, 0.1) is 23.4 Å². The Morgan fingerprint density at radius 2 is 1.86 bits per heavy atom. The molecule has 0 bridgehead atoms. The van der Waals surface area contributed by atoms with E-state index in [9.17, 15) is 14.7 Å². The highest BCUT2D eigenvalue weighted by molar-refractivity contribution is 5.99. The van der Waals surface area contributed by atoms with Crippen molar-refractivity contribution < 1.29 is 14.7 Å². The van der Waals surface area contributed by atoms with Gasteiger partial charge in [0.25, 0.3) is 0 Å².